The van der Waals surface area contributed by atoms with E-state index in [1.165, 1.54) is 15.6 Å². The molecule has 0 saturated heterocycles. The Morgan fingerprint density at radius 2 is 2.20 bits per heavy atom. The molecule has 0 aliphatic carbocycles. The summed E-state index contributed by atoms with van der Waals surface area (Å²) in [5.74, 6) is 0. The molecule has 0 spiro atoms. The van der Waals surface area contributed by atoms with E-state index in [-0.39, 0.29) is 0 Å². The first-order valence-corrected chi connectivity index (χ1v) is 6.30. The zero-order valence-corrected chi connectivity index (χ0v) is 10.6. The van der Waals surface area contributed by atoms with Gasteiger partial charge in [0, 0.05) is 25.0 Å². The monoisotopic (exact) mass is 228 g/mol. The van der Waals surface area contributed by atoms with Crippen molar-refractivity contribution < 1.29 is 4.74 Å². The molecule has 0 aromatic carbocycles. The van der Waals surface area contributed by atoms with Gasteiger partial charge < -0.3 is 10.1 Å². The van der Waals surface area contributed by atoms with Crippen LogP contribution < -0.4 is 5.32 Å². The van der Waals surface area contributed by atoms with Gasteiger partial charge in [0.15, 0.2) is 0 Å². The number of hydrogen-bond donors (Lipinski definition) is 1. The number of thiazole rings is 1. The van der Waals surface area contributed by atoms with Gasteiger partial charge in [-0.25, -0.2) is 4.98 Å². The Morgan fingerprint density at radius 3 is 2.80 bits per heavy atom. The summed E-state index contributed by atoms with van der Waals surface area (Å²) in [7, 11) is 1.73. The highest BCUT2D eigenvalue weighted by Gasteiger charge is 2.08. The molecule has 15 heavy (non-hydrogen) atoms. The fourth-order valence-corrected chi connectivity index (χ4v) is 2.49. The minimum absolute atomic E-state index is 0.761. The Morgan fingerprint density at radius 1 is 1.40 bits per heavy atom. The van der Waals surface area contributed by atoms with E-state index in [1.54, 1.807) is 7.11 Å². The molecule has 0 fully saturated rings. The normalized spacial score (nSPS) is 10.9. The third kappa shape index (κ3) is 3.89. The lowest BCUT2D eigenvalue weighted by Gasteiger charge is -1.99. The lowest BCUT2D eigenvalue weighted by atomic mass is 10.3. The van der Waals surface area contributed by atoms with Crippen molar-refractivity contribution in [3.8, 4) is 0 Å². The maximum atomic E-state index is 5.06. The van der Waals surface area contributed by atoms with E-state index in [9.17, 15) is 0 Å². The van der Waals surface area contributed by atoms with Gasteiger partial charge in [-0.2, -0.15) is 0 Å². The molecule has 0 aliphatic rings. The zero-order valence-electron chi connectivity index (χ0n) is 9.80. The Hall–Kier alpha value is -0.450. The van der Waals surface area contributed by atoms with Crippen LogP contribution in [-0.2, 0) is 24.1 Å². The smallest absolute Gasteiger partial charge is 0.0954 e. The van der Waals surface area contributed by atoms with Crippen LogP contribution in [0.2, 0.25) is 0 Å². The SMILES string of the molecule is CCNCc1sc(CCOC)nc1CC. The van der Waals surface area contributed by atoms with Crippen LogP contribution in [0.1, 0.15) is 29.4 Å². The molecule has 0 radical (unpaired) electrons. The first kappa shape index (κ1) is 12.6. The number of ether oxygens (including phenoxy) is 1. The number of aromatic nitrogens is 1. The molecule has 86 valence electrons. The molecule has 4 heteroatoms. The summed E-state index contributed by atoms with van der Waals surface area (Å²) in [5.41, 5.74) is 1.24. The molecular weight excluding hydrogens is 208 g/mol. The van der Waals surface area contributed by atoms with Crippen LogP contribution in [0.5, 0.6) is 0 Å². The van der Waals surface area contributed by atoms with E-state index >= 15 is 0 Å². The second-order valence-electron chi connectivity index (χ2n) is 3.35. The van der Waals surface area contributed by atoms with Crippen molar-refractivity contribution in [2.24, 2.45) is 0 Å². The molecule has 1 aromatic heterocycles. The summed E-state index contributed by atoms with van der Waals surface area (Å²) in [4.78, 5) is 6.00. The van der Waals surface area contributed by atoms with Crippen molar-refractivity contribution in [1.82, 2.24) is 10.3 Å². The Kier molecular flexibility index (Phi) is 5.83. The van der Waals surface area contributed by atoms with Crippen molar-refractivity contribution in [2.45, 2.75) is 33.2 Å². The summed E-state index contributed by atoms with van der Waals surface area (Å²) in [6, 6.07) is 0. The van der Waals surface area contributed by atoms with E-state index < -0.39 is 0 Å². The maximum absolute atomic E-state index is 5.06. The summed E-state index contributed by atoms with van der Waals surface area (Å²) in [6.07, 6.45) is 1.95. The lowest BCUT2D eigenvalue weighted by Crippen LogP contribution is -2.11. The van der Waals surface area contributed by atoms with E-state index in [2.05, 4.69) is 24.1 Å². The van der Waals surface area contributed by atoms with Crippen molar-refractivity contribution in [3.63, 3.8) is 0 Å². The van der Waals surface area contributed by atoms with E-state index in [0.717, 1.165) is 32.5 Å². The van der Waals surface area contributed by atoms with Gasteiger partial charge in [0.05, 0.1) is 17.3 Å². The van der Waals surface area contributed by atoms with Crippen molar-refractivity contribution in [2.75, 3.05) is 20.3 Å². The number of nitrogens with one attached hydrogen (secondary N) is 1. The number of methoxy groups -OCH3 is 1. The lowest BCUT2D eigenvalue weighted by molar-refractivity contribution is 0.202. The fraction of sp³-hybridized carbons (Fsp3) is 0.727. The minimum Gasteiger partial charge on any atom is -0.384 e. The highest BCUT2D eigenvalue weighted by atomic mass is 32.1. The van der Waals surface area contributed by atoms with Crippen LogP contribution in [0, 0.1) is 0 Å². The predicted octanol–water partition coefficient (Wildman–Crippen LogP) is 2.00. The summed E-state index contributed by atoms with van der Waals surface area (Å²) in [5, 5.41) is 4.54. The van der Waals surface area contributed by atoms with E-state index in [4.69, 9.17) is 4.74 Å². The van der Waals surface area contributed by atoms with Gasteiger partial charge in [-0.3, -0.25) is 0 Å². The molecule has 0 atom stereocenters. The van der Waals surface area contributed by atoms with E-state index in [1.807, 2.05) is 11.3 Å². The Labute approximate surface area is 95.9 Å². The van der Waals surface area contributed by atoms with Crippen LogP contribution >= 0.6 is 11.3 Å². The minimum atomic E-state index is 0.761. The summed E-state index contributed by atoms with van der Waals surface area (Å²) in [6.45, 7) is 7.00. The first-order chi connectivity index (χ1) is 7.31. The van der Waals surface area contributed by atoms with Gasteiger partial charge in [-0.1, -0.05) is 13.8 Å². The molecule has 1 heterocycles. The highest BCUT2D eigenvalue weighted by Crippen LogP contribution is 2.19. The Bertz CT molecular complexity index is 286. The zero-order chi connectivity index (χ0) is 11.1. The number of aryl methyl sites for hydroxylation is 1. The van der Waals surface area contributed by atoms with Crippen LogP contribution in [-0.4, -0.2) is 25.2 Å². The molecule has 1 rings (SSSR count). The van der Waals surface area contributed by atoms with E-state index in [0.29, 0.717) is 0 Å². The second kappa shape index (κ2) is 6.93. The number of rotatable bonds is 7. The van der Waals surface area contributed by atoms with Gasteiger partial charge in [0.2, 0.25) is 0 Å². The van der Waals surface area contributed by atoms with Crippen LogP contribution in [0.3, 0.4) is 0 Å². The standard InChI is InChI=1S/C11H20N2OS/c1-4-9-10(8-12-5-2)15-11(13-9)6-7-14-3/h12H,4-8H2,1-3H3. The molecule has 3 nitrogen and oxygen atoms in total. The molecular formula is C11H20N2OS. The highest BCUT2D eigenvalue weighted by molar-refractivity contribution is 7.11. The van der Waals surface area contributed by atoms with Crippen LogP contribution in [0.25, 0.3) is 0 Å². The number of hydrogen-bond acceptors (Lipinski definition) is 4. The summed E-state index contributed by atoms with van der Waals surface area (Å²) < 4.78 is 5.06. The predicted molar refractivity (Wildman–Crippen MR) is 64.5 cm³/mol. The average Bonchev–Trinajstić information content (AvgIpc) is 2.66. The van der Waals surface area contributed by atoms with Crippen molar-refractivity contribution in [3.05, 3.63) is 15.6 Å². The van der Waals surface area contributed by atoms with Gasteiger partial charge >= 0.3 is 0 Å². The molecule has 0 amide bonds. The van der Waals surface area contributed by atoms with Crippen molar-refractivity contribution >= 4 is 11.3 Å². The Balaban J connectivity index is 2.62. The maximum Gasteiger partial charge on any atom is 0.0954 e. The van der Waals surface area contributed by atoms with Crippen LogP contribution in [0.4, 0.5) is 0 Å². The third-order valence-corrected chi connectivity index (χ3v) is 3.37. The molecule has 0 bridgehead atoms. The first-order valence-electron chi connectivity index (χ1n) is 5.48. The van der Waals surface area contributed by atoms with Gasteiger partial charge in [0.1, 0.15) is 0 Å². The van der Waals surface area contributed by atoms with Crippen molar-refractivity contribution in [1.29, 1.82) is 0 Å². The van der Waals surface area contributed by atoms with Crippen LogP contribution in [0.15, 0.2) is 0 Å². The molecule has 0 unspecified atom stereocenters. The van der Waals surface area contributed by atoms with Gasteiger partial charge in [-0.15, -0.1) is 11.3 Å². The molecule has 1 aromatic rings. The second-order valence-corrected chi connectivity index (χ2v) is 4.52. The van der Waals surface area contributed by atoms with Gasteiger partial charge in [0.25, 0.3) is 0 Å². The molecule has 0 aliphatic heterocycles. The fourth-order valence-electron chi connectivity index (χ4n) is 1.39. The van der Waals surface area contributed by atoms with Gasteiger partial charge in [-0.05, 0) is 13.0 Å². The molecule has 1 N–H and O–H groups in total. The largest absolute Gasteiger partial charge is 0.384 e. The molecule has 0 saturated carbocycles. The number of nitrogens with zero attached hydrogens (tertiary/aromatic N) is 1. The average molecular weight is 228 g/mol. The summed E-state index contributed by atoms with van der Waals surface area (Å²) >= 11 is 1.81. The topological polar surface area (TPSA) is 34.1 Å². The quantitative estimate of drug-likeness (QED) is 0.775. The third-order valence-electron chi connectivity index (χ3n) is 2.21.